The third-order valence-corrected chi connectivity index (χ3v) is 5.29. The van der Waals surface area contributed by atoms with Crippen LogP contribution in [0.1, 0.15) is 13.8 Å². The Bertz CT molecular complexity index is 1200. The number of aromatic amines is 1. The number of morpholine rings is 1. The lowest BCUT2D eigenvalue weighted by Gasteiger charge is -2.28. The highest BCUT2D eigenvalue weighted by Gasteiger charge is 2.15. The number of fused-ring (bicyclic) bond motifs is 1. The normalized spacial score (nSPS) is 14.4. The first-order valence-corrected chi connectivity index (χ1v) is 10.6. The first-order valence-electron chi connectivity index (χ1n) is 10.6. The molecule has 1 aliphatic heterocycles. The van der Waals surface area contributed by atoms with Crippen LogP contribution in [0.5, 0.6) is 5.88 Å². The van der Waals surface area contributed by atoms with Crippen molar-refractivity contribution in [2.45, 2.75) is 20.0 Å². The number of anilines is 1. The lowest BCUT2D eigenvalue weighted by atomic mass is 10.1. The van der Waals surface area contributed by atoms with E-state index >= 15 is 0 Å². The first-order chi connectivity index (χ1) is 15.2. The summed E-state index contributed by atoms with van der Waals surface area (Å²) >= 11 is 0. The van der Waals surface area contributed by atoms with E-state index in [1.807, 2.05) is 26.1 Å². The maximum atomic E-state index is 5.71. The number of pyridine rings is 1. The number of aromatic nitrogens is 4. The highest BCUT2D eigenvalue weighted by atomic mass is 16.5. The summed E-state index contributed by atoms with van der Waals surface area (Å²) in [6, 6.07) is 12.4. The van der Waals surface area contributed by atoms with Gasteiger partial charge in [-0.05, 0) is 38.1 Å². The van der Waals surface area contributed by atoms with Gasteiger partial charge in [-0.25, -0.2) is 9.97 Å². The second-order valence-corrected chi connectivity index (χ2v) is 7.85. The number of ether oxygens (including phenoxy) is 2. The van der Waals surface area contributed by atoms with Crippen LogP contribution in [0.15, 0.2) is 55.0 Å². The van der Waals surface area contributed by atoms with E-state index in [0.29, 0.717) is 5.88 Å². The van der Waals surface area contributed by atoms with Gasteiger partial charge < -0.3 is 19.4 Å². The average molecular weight is 415 g/mol. The quantitative estimate of drug-likeness (QED) is 0.523. The van der Waals surface area contributed by atoms with Gasteiger partial charge in [-0.3, -0.25) is 4.98 Å². The molecule has 1 fully saturated rings. The second-order valence-electron chi connectivity index (χ2n) is 7.85. The minimum absolute atomic E-state index is 0.0492. The fourth-order valence-electron chi connectivity index (χ4n) is 3.82. The molecule has 1 aromatic carbocycles. The van der Waals surface area contributed by atoms with Crippen molar-refractivity contribution in [1.29, 1.82) is 0 Å². The summed E-state index contributed by atoms with van der Waals surface area (Å²) in [5.41, 5.74) is 4.83. The van der Waals surface area contributed by atoms with Crippen LogP contribution >= 0.6 is 0 Å². The zero-order valence-corrected chi connectivity index (χ0v) is 17.7. The standard InChI is InChI=1S/C24H25N5O2/c1-16(2)31-24-15-25-14-22(28-24)17-6-7-20-18(12-17)19(13-26-20)21-4-3-5-23(27-21)29-8-10-30-11-9-29/h3-7,12-16,26H,8-11H2,1-2H3. The maximum absolute atomic E-state index is 5.71. The van der Waals surface area contributed by atoms with E-state index in [4.69, 9.17) is 14.5 Å². The molecule has 0 bridgehead atoms. The molecule has 7 nitrogen and oxygen atoms in total. The van der Waals surface area contributed by atoms with Gasteiger partial charge in [0.25, 0.3) is 0 Å². The van der Waals surface area contributed by atoms with Crippen molar-refractivity contribution in [2.24, 2.45) is 0 Å². The van der Waals surface area contributed by atoms with Gasteiger partial charge in [0.2, 0.25) is 5.88 Å². The minimum atomic E-state index is 0.0492. The third-order valence-electron chi connectivity index (χ3n) is 5.29. The molecule has 0 aliphatic carbocycles. The van der Waals surface area contributed by atoms with Gasteiger partial charge in [0.15, 0.2) is 0 Å². The lowest BCUT2D eigenvalue weighted by Crippen LogP contribution is -2.36. The molecule has 0 amide bonds. The Hall–Kier alpha value is -3.45. The van der Waals surface area contributed by atoms with Crippen LogP contribution in [0.3, 0.4) is 0 Å². The predicted molar refractivity (Wildman–Crippen MR) is 121 cm³/mol. The highest BCUT2D eigenvalue weighted by molar-refractivity contribution is 5.97. The number of H-pyrrole nitrogens is 1. The number of rotatable bonds is 5. The van der Waals surface area contributed by atoms with Crippen molar-refractivity contribution in [1.82, 2.24) is 19.9 Å². The van der Waals surface area contributed by atoms with Gasteiger partial charge in [-0.15, -0.1) is 0 Å². The van der Waals surface area contributed by atoms with Crippen molar-refractivity contribution >= 4 is 16.7 Å². The first kappa shape index (κ1) is 19.5. The summed E-state index contributed by atoms with van der Waals surface area (Å²) in [6.07, 6.45) is 5.47. The van der Waals surface area contributed by atoms with Crippen molar-refractivity contribution in [3.63, 3.8) is 0 Å². The van der Waals surface area contributed by atoms with E-state index < -0.39 is 0 Å². The molecule has 1 N–H and O–H groups in total. The zero-order chi connectivity index (χ0) is 21.2. The maximum Gasteiger partial charge on any atom is 0.233 e. The molecule has 4 heterocycles. The number of nitrogens with one attached hydrogen (secondary N) is 1. The van der Waals surface area contributed by atoms with Gasteiger partial charge in [0, 0.05) is 41.3 Å². The van der Waals surface area contributed by atoms with Crippen LogP contribution in [-0.4, -0.2) is 52.3 Å². The number of hydrogen-bond acceptors (Lipinski definition) is 6. The van der Waals surface area contributed by atoms with Crippen molar-refractivity contribution in [3.05, 3.63) is 55.0 Å². The molecule has 158 valence electrons. The third kappa shape index (κ3) is 4.09. The van der Waals surface area contributed by atoms with E-state index in [0.717, 1.165) is 65.5 Å². The number of hydrogen-bond donors (Lipinski definition) is 1. The molecule has 0 radical (unpaired) electrons. The summed E-state index contributed by atoms with van der Waals surface area (Å²) in [7, 11) is 0. The highest BCUT2D eigenvalue weighted by Crippen LogP contribution is 2.32. The topological polar surface area (TPSA) is 76.2 Å². The Morgan fingerprint density at radius 3 is 2.74 bits per heavy atom. The number of nitrogens with zero attached hydrogens (tertiary/aromatic N) is 4. The van der Waals surface area contributed by atoms with Crippen molar-refractivity contribution < 1.29 is 9.47 Å². The van der Waals surface area contributed by atoms with E-state index in [-0.39, 0.29) is 6.10 Å². The second kappa shape index (κ2) is 8.35. The monoisotopic (exact) mass is 415 g/mol. The van der Waals surface area contributed by atoms with Crippen LogP contribution in [-0.2, 0) is 4.74 Å². The van der Waals surface area contributed by atoms with E-state index in [2.05, 4.69) is 50.2 Å². The zero-order valence-electron chi connectivity index (χ0n) is 17.7. The molecule has 31 heavy (non-hydrogen) atoms. The Labute approximate surface area is 181 Å². The Balaban J connectivity index is 1.52. The van der Waals surface area contributed by atoms with Crippen LogP contribution in [0, 0.1) is 0 Å². The minimum Gasteiger partial charge on any atom is -0.474 e. The van der Waals surface area contributed by atoms with Gasteiger partial charge >= 0.3 is 0 Å². The lowest BCUT2D eigenvalue weighted by molar-refractivity contribution is 0.122. The summed E-state index contributed by atoms with van der Waals surface area (Å²) < 4.78 is 11.2. The van der Waals surface area contributed by atoms with Gasteiger partial charge in [-0.2, -0.15) is 0 Å². The summed E-state index contributed by atoms with van der Waals surface area (Å²) in [6.45, 7) is 7.16. The molecule has 0 saturated carbocycles. The number of benzene rings is 1. The van der Waals surface area contributed by atoms with Crippen LogP contribution in [0.4, 0.5) is 5.82 Å². The van der Waals surface area contributed by atoms with Crippen molar-refractivity contribution in [2.75, 3.05) is 31.2 Å². The van der Waals surface area contributed by atoms with Crippen molar-refractivity contribution in [3.8, 4) is 28.4 Å². The van der Waals surface area contributed by atoms with Gasteiger partial charge in [0.05, 0.1) is 43.1 Å². The van der Waals surface area contributed by atoms with Crippen LogP contribution in [0.25, 0.3) is 33.4 Å². The predicted octanol–water partition coefficient (Wildman–Crippen LogP) is 4.31. The molecular weight excluding hydrogens is 390 g/mol. The molecule has 0 spiro atoms. The SMILES string of the molecule is CC(C)Oc1cncc(-c2ccc3[nH]cc(-c4cccc(N5CCOCC5)n4)c3c2)n1. The van der Waals surface area contributed by atoms with E-state index in [9.17, 15) is 0 Å². The van der Waals surface area contributed by atoms with Gasteiger partial charge in [-0.1, -0.05) is 12.1 Å². The smallest absolute Gasteiger partial charge is 0.233 e. The molecule has 5 rings (SSSR count). The summed E-state index contributed by atoms with van der Waals surface area (Å²) in [5.74, 6) is 1.51. The molecule has 7 heteroatoms. The fraction of sp³-hybridized carbons (Fsp3) is 0.292. The fourth-order valence-corrected chi connectivity index (χ4v) is 3.82. The summed E-state index contributed by atoms with van der Waals surface area (Å²) in [4.78, 5) is 19.5. The van der Waals surface area contributed by atoms with E-state index in [1.165, 1.54) is 0 Å². The van der Waals surface area contributed by atoms with Gasteiger partial charge in [0.1, 0.15) is 5.82 Å². The molecule has 1 saturated heterocycles. The van der Waals surface area contributed by atoms with Crippen LogP contribution in [0.2, 0.25) is 0 Å². The molecule has 3 aromatic heterocycles. The average Bonchev–Trinajstić information content (AvgIpc) is 3.23. The molecule has 4 aromatic rings. The Morgan fingerprint density at radius 1 is 1.03 bits per heavy atom. The molecule has 0 unspecified atom stereocenters. The largest absolute Gasteiger partial charge is 0.474 e. The Morgan fingerprint density at radius 2 is 1.90 bits per heavy atom. The van der Waals surface area contributed by atoms with Crippen LogP contribution < -0.4 is 9.64 Å². The summed E-state index contributed by atoms with van der Waals surface area (Å²) in [5, 5.41) is 1.10. The molecule has 1 aliphatic rings. The van der Waals surface area contributed by atoms with E-state index in [1.54, 1.807) is 12.4 Å². The Kier molecular flexibility index (Phi) is 5.26. The molecule has 0 atom stereocenters. The molecular formula is C24H25N5O2.